The number of hydrogen-bond acceptors (Lipinski definition) is 8. The number of aliphatic carboxylic acids is 1. The number of aliphatic hydroxyl groups excluding tert-OH is 1. The first kappa shape index (κ1) is 21.5. The third-order valence-electron chi connectivity index (χ3n) is 5.01. The summed E-state index contributed by atoms with van der Waals surface area (Å²) >= 11 is 0. The number of aromatic hydroxyl groups is 1. The van der Waals surface area contributed by atoms with Crippen molar-refractivity contribution in [3.63, 3.8) is 0 Å². The number of nitrogens with two attached hydrogens (primary N) is 1. The molecule has 0 spiro atoms. The number of aliphatic hydroxyl groups is 1. The number of phenols is 1. The summed E-state index contributed by atoms with van der Waals surface area (Å²) < 4.78 is 5.34. The van der Waals surface area contributed by atoms with Gasteiger partial charge in [0.15, 0.2) is 11.9 Å². The molecule has 11 heteroatoms. The molecule has 0 bridgehead atoms. The van der Waals surface area contributed by atoms with E-state index in [1.54, 1.807) is 24.3 Å². The van der Waals surface area contributed by atoms with Gasteiger partial charge >= 0.3 is 12.0 Å². The first-order valence-corrected chi connectivity index (χ1v) is 9.61. The SMILES string of the molecule is CC(O)C(NC(=O)N1CCC[C@H]1c1nc([C@@H](N)Cc2ccc(O)cc2)no1)C(=O)O. The second kappa shape index (κ2) is 9.09. The predicted octanol–water partition coefficient (Wildman–Crippen LogP) is 0.698. The fourth-order valence-corrected chi connectivity index (χ4v) is 3.38. The molecule has 0 radical (unpaired) electrons. The number of urea groups is 1. The number of phenolic OH excluding ortho intramolecular Hbond substituents is 1. The first-order chi connectivity index (χ1) is 14.3. The summed E-state index contributed by atoms with van der Waals surface area (Å²) in [6.45, 7) is 1.68. The number of hydrogen-bond donors (Lipinski definition) is 5. The van der Waals surface area contributed by atoms with Gasteiger partial charge in [0.2, 0.25) is 5.89 Å². The summed E-state index contributed by atoms with van der Waals surface area (Å²) in [5.74, 6) is -0.649. The molecular weight excluding hydrogens is 394 g/mol. The standard InChI is InChI=1S/C19H25N5O6/c1-10(25)15(18(27)28)21-19(29)24-8-2-3-14(24)17-22-16(23-30-17)13(20)9-11-4-6-12(26)7-5-11/h4-7,10,13-15,25-26H,2-3,8-9,20H2,1H3,(H,21,29)(H,27,28)/t10?,13-,14-,15?/m0/s1. The van der Waals surface area contributed by atoms with Crippen LogP contribution >= 0.6 is 0 Å². The Kier molecular flexibility index (Phi) is 6.53. The lowest BCUT2D eigenvalue weighted by Crippen LogP contribution is -2.52. The molecule has 3 rings (SSSR count). The number of rotatable bonds is 7. The molecule has 11 nitrogen and oxygen atoms in total. The number of carboxylic acid groups (broad SMARTS) is 1. The molecule has 6 N–H and O–H groups in total. The summed E-state index contributed by atoms with van der Waals surface area (Å²) in [6, 6.07) is 3.54. The van der Waals surface area contributed by atoms with E-state index in [1.807, 2.05) is 0 Å². The third kappa shape index (κ3) is 4.86. The number of nitrogens with one attached hydrogen (secondary N) is 1. The second-order valence-electron chi connectivity index (χ2n) is 7.33. The minimum Gasteiger partial charge on any atom is -0.508 e. The Hall–Kier alpha value is -3.18. The average Bonchev–Trinajstić information content (AvgIpc) is 3.36. The number of carboxylic acids is 1. The van der Waals surface area contributed by atoms with E-state index in [0.29, 0.717) is 25.8 Å². The van der Waals surface area contributed by atoms with Crippen LogP contribution in [0.2, 0.25) is 0 Å². The van der Waals surface area contributed by atoms with E-state index in [2.05, 4.69) is 15.5 Å². The number of benzene rings is 1. The minimum atomic E-state index is -1.42. The number of carbonyl (C=O) groups excluding carboxylic acids is 1. The van der Waals surface area contributed by atoms with Gasteiger partial charge in [-0.15, -0.1) is 0 Å². The average molecular weight is 419 g/mol. The van der Waals surface area contributed by atoms with Crippen molar-refractivity contribution in [2.75, 3.05) is 6.54 Å². The van der Waals surface area contributed by atoms with Crippen LogP contribution in [0.15, 0.2) is 28.8 Å². The highest BCUT2D eigenvalue weighted by Crippen LogP contribution is 2.31. The number of amides is 2. The van der Waals surface area contributed by atoms with Crippen molar-refractivity contribution < 1.29 is 29.4 Å². The van der Waals surface area contributed by atoms with Crippen LogP contribution in [0.5, 0.6) is 5.75 Å². The maximum atomic E-state index is 12.6. The normalized spacial score (nSPS) is 19.3. The van der Waals surface area contributed by atoms with Gasteiger partial charge in [0.05, 0.1) is 12.1 Å². The Balaban J connectivity index is 1.68. The summed E-state index contributed by atoms with van der Waals surface area (Å²) in [5.41, 5.74) is 7.07. The quantitative estimate of drug-likeness (QED) is 0.432. The molecule has 2 unspecified atom stereocenters. The van der Waals surface area contributed by atoms with Gasteiger partial charge in [-0.3, -0.25) is 0 Å². The Bertz CT molecular complexity index is 884. The molecule has 1 fully saturated rings. The Morgan fingerprint density at radius 1 is 1.37 bits per heavy atom. The Morgan fingerprint density at radius 3 is 2.70 bits per heavy atom. The molecule has 162 valence electrons. The molecule has 1 saturated heterocycles. The lowest BCUT2D eigenvalue weighted by molar-refractivity contribution is -0.141. The molecule has 4 atom stereocenters. The molecule has 1 aromatic carbocycles. The smallest absolute Gasteiger partial charge is 0.328 e. The van der Waals surface area contributed by atoms with Gasteiger partial charge in [-0.1, -0.05) is 17.3 Å². The van der Waals surface area contributed by atoms with Crippen molar-refractivity contribution in [1.82, 2.24) is 20.4 Å². The zero-order valence-corrected chi connectivity index (χ0v) is 16.4. The van der Waals surface area contributed by atoms with Gasteiger partial charge in [0.25, 0.3) is 0 Å². The van der Waals surface area contributed by atoms with Crippen LogP contribution < -0.4 is 11.1 Å². The number of carbonyl (C=O) groups is 2. The third-order valence-corrected chi connectivity index (χ3v) is 5.01. The molecule has 2 heterocycles. The summed E-state index contributed by atoms with van der Waals surface area (Å²) in [5, 5.41) is 34.4. The Morgan fingerprint density at radius 2 is 2.07 bits per heavy atom. The molecule has 2 aromatic rings. The van der Waals surface area contributed by atoms with Crippen LogP contribution in [0.4, 0.5) is 4.79 Å². The van der Waals surface area contributed by atoms with Crippen molar-refractivity contribution in [3.05, 3.63) is 41.5 Å². The van der Waals surface area contributed by atoms with Gasteiger partial charge in [0, 0.05) is 6.54 Å². The largest absolute Gasteiger partial charge is 0.508 e. The molecule has 1 aliphatic heterocycles. The topological polar surface area (TPSA) is 175 Å². The summed E-state index contributed by atoms with van der Waals surface area (Å²) in [7, 11) is 0. The fraction of sp³-hybridized carbons (Fsp3) is 0.474. The van der Waals surface area contributed by atoms with E-state index in [1.165, 1.54) is 11.8 Å². The highest BCUT2D eigenvalue weighted by Gasteiger charge is 2.36. The number of aromatic nitrogens is 2. The van der Waals surface area contributed by atoms with Crippen LogP contribution in [0, 0.1) is 0 Å². The zero-order valence-electron chi connectivity index (χ0n) is 16.4. The van der Waals surface area contributed by atoms with Crippen LogP contribution in [0.3, 0.4) is 0 Å². The maximum absolute atomic E-state index is 12.6. The van der Waals surface area contributed by atoms with E-state index < -0.39 is 36.2 Å². The maximum Gasteiger partial charge on any atom is 0.328 e. The van der Waals surface area contributed by atoms with Crippen molar-refractivity contribution in [2.24, 2.45) is 5.73 Å². The first-order valence-electron chi connectivity index (χ1n) is 9.61. The van der Waals surface area contributed by atoms with Crippen LogP contribution in [-0.4, -0.2) is 61.1 Å². The molecule has 1 aliphatic rings. The highest BCUT2D eigenvalue weighted by molar-refractivity contribution is 5.83. The molecule has 1 aromatic heterocycles. The van der Waals surface area contributed by atoms with E-state index in [9.17, 15) is 19.8 Å². The van der Waals surface area contributed by atoms with Crippen molar-refractivity contribution in [2.45, 2.75) is 50.4 Å². The molecule has 30 heavy (non-hydrogen) atoms. The second-order valence-corrected chi connectivity index (χ2v) is 7.33. The van der Waals surface area contributed by atoms with Gasteiger partial charge in [-0.05, 0) is 43.9 Å². The van der Waals surface area contributed by atoms with E-state index >= 15 is 0 Å². The minimum absolute atomic E-state index is 0.162. The van der Waals surface area contributed by atoms with Crippen LogP contribution in [-0.2, 0) is 11.2 Å². The van der Waals surface area contributed by atoms with Crippen LogP contribution in [0.25, 0.3) is 0 Å². The molecule has 2 amide bonds. The lowest BCUT2D eigenvalue weighted by atomic mass is 10.1. The molecule has 0 aliphatic carbocycles. The Labute approximate surface area is 172 Å². The molecule has 0 saturated carbocycles. The predicted molar refractivity (Wildman–Crippen MR) is 103 cm³/mol. The van der Waals surface area contributed by atoms with Crippen molar-refractivity contribution in [3.8, 4) is 5.75 Å². The van der Waals surface area contributed by atoms with E-state index in [4.69, 9.17) is 15.4 Å². The molecular formula is C19H25N5O6. The fourth-order valence-electron chi connectivity index (χ4n) is 3.38. The number of nitrogens with zero attached hydrogens (tertiary/aromatic N) is 3. The van der Waals surface area contributed by atoms with Crippen molar-refractivity contribution >= 4 is 12.0 Å². The van der Waals surface area contributed by atoms with Gasteiger partial charge in [0.1, 0.15) is 11.8 Å². The highest BCUT2D eigenvalue weighted by atomic mass is 16.5. The van der Waals surface area contributed by atoms with E-state index in [0.717, 1.165) is 5.56 Å². The van der Waals surface area contributed by atoms with Gasteiger partial charge in [-0.25, -0.2) is 9.59 Å². The van der Waals surface area contributed by atoms with Crippen molar-refractivity contribution in [1.29, 1.82) is 0 Å². The zero-order chi connectivity index (χ0) is 21.8. The van der Waals surface area contributed by atoms with Gasteiger partial charge in [-0.2, -0.15) is 4.98 Å². The van der Waals surface area contributed by atoms with Gasteiger partial charge < -0.3 is 35.8 Å². The van der Waals surface area contributed by atoms with E-state index in [-0.39, 0.29) is 17.5 Å². The monoisotopic (exact) mass is 419 g/mol. The number of likely N-dealkylation sites (tertiary alicyclic amines) is 1. The lowest BCUT2D eigenvalue weighted by Gasteiger charge is -2.25. The summed E-state index contributed by atoms with van der Waals surface area (Å²) in [4.78, 5) is 29.6. The van der Waals surface area contributed by atoms with Crippen LogP contribution in [0.1, 0.15) is 49.1 Å². The summed E-state index contributed by atoms with van der Waals surface area (Å²) in [6.07, 6.45) is 0.444.